The Morgan fingerprint density at radius 1 is 1.42 bits per heavy atom. The van der Waals surface area contributed by atoms with E-state index in [1.54, 1.807) is 0 Å². The molecular formula is C15H21BrN2O. The third-order valence-corrected chi connectivity index (χ3v) is 4.22. The van der Waals surface area contributed by atoms with Gasteiger partial charge in [0.05, 0.1) is 0 Å². The maximum absolute atomic E-state index is 12.8. The summed E-state index contributed by atoms with van der Waals surface area (Å²) in [6.07, 6.45) is 6.81. The molecule has 0 aromatic carbocycles. The lowest BCUT2D eigenvalue weighted by Crippen LogP contribution is -2.37. The van der Waals surface area contributed by atoms with Crippen LogP contribution in [0.4, 0.5) is 0 Å². The molecule has 1 heterocycles. The second-order valence-corrected chi connectivity index (χ2v) is 7.18. The van der Waals surface area contributed by atoms with Gasteiger partial charge in [-0.1, -0.05) is 13.8 Å². The molecule has 0 bridgehead atoms. The highest BCUT2D eigenvalue weighted by molar-refractivity contribution is 9.10. The standard InChI is InChI=1S/C15H21BrN2O/c1-10(2)8-18(13-5-6-13)15(19)14-7-11(16)9-17(14)12-3-4-12/h7,9-10,12-13H,3-6,8H2,1-2H3. The summed E-state index contributed by atoms with van der Waals surface area (Å²) < 4.78 is 3.19. The van der Waals surface area contributed by atoms with Gasteiger partial charge in [-0.05, 0) is 53.6 Å². The fraction of sp³-hybridized carbons (Fsp3) is 0.667. The van der Waals surface area contributed by atoms with Crippen LogP contribution in [0.25, 0.3) is 0 Å². The van der Waals surface area contributed by atoms with E-state index < -0.39 is 0 Å². The van der Waals surface area contributed by atoms with E-state index in [0.29, 0.717) is 18.0 Å². The van der Waals surface area contributed by atoms with Gasteiger partial charge in [0, 0.05) is 29.3 Å². The Morgan fingerprint density at radius 2 is 2.11 bits per heavy atom. The van der Waals surface area contributed by atoms with E-state index in [9.17, 15) is 4.79 Å². The normalized spacial score (nSPS) is 18.9. The monoisotopic (exact) mass is 324 g/mol. The van der Waals surface area contributed by atoms with Gasteiger partial charge in [-0.25, -0.2) is 0 Å². The predicted octanol–water partition coefficient (Wildman–Crippen LogP) is 3.85. The van der Waals surface area contributed by atoms with Crippen molar-refractivity contribution < 1.29 is 4.79 Å². The van der Waals surface area contributed by atoms with Crippen LogP contribution in [0, 0.1) is 5.92 Å². The minimum atomic E-state index is 0.216. The Kier molecular flexibility index (Phi) is 3.46. The number of carbonyl (C=O) groups is 1. The van der Waals surface area contributed by atoms with Gasteiger partial charge in [-0.15, -0.1) is 0 Å². The van der Waals surface area contributed by atoms with Crippen molar-refractivity contribution in [1.29, 1.82) is 0 Å². The number of hydrogen-bond donors (Lipinski definition) is 0. The predicted molar refractivity (Wildman–Crippen MR) is 79.3 cm³/mol. The number of hydrogen-bond acceptors (Lipinski definition) is 1. The Morgan fingerprint density at radius 3 is 2.63 bits per heavy atom. The van der Waals surface area contributed by atoms with Crippen LogP contribution in [0.2, 0.25) is 0 Å². The van der Waals surface area contributed by atoms with Crippen molar-refractivity contribution in [3.05, 3.63) is 22.4 Å². The molecule has 3 nitrogen and oxygen atoms in total. The third-order valence-electron chi connectivity index (χ3n) is 3.78. The topological polar surface area (TPSA) is 25.2 Å². The van der Waals surface area contributed by atoms with Crippen molar-refractivity contribution in [2.75, 3.05) is 6.54 Å². The van der Waals surface area contributed by atoms with Crippen LogP contribution in [0.5, 0.6) is 0 Å². The van der Waals surface area contributed by atoms with E-state index in [4.69, 9.17) is 0 Å². The number of amides is 1. The summed E-state index contributed by atoms with van der Waals surface area (Å²) >= 11 is 3.51. The first kappa shape index (κ1) is 13.2. The van der Waals surface area contributed by atoms with Crippen LogP contribution >= 0.6 is 15.9 Å². The largest absolute Gasteiger partial charge is 0.339 e. The Bertz CT molecular complexity index is 486. The Hall–Kier alpha value is -0.770. The van der Waals surface area contributed by atoms with E-state index in [2.05, 4.69) is 45.4 Å². The van der Waals surface area contributed by atoms with Gasteiger partial charge in [0.2, 0.25) is 0 Å². The molecule has 0 atom stereocenters. The average molecular weight is 325 g/mol. The summed E-state index contributed by atoms with van der Waals surface area (Å²) in [5, 5.41) is 0. The summed E-state index contributed by atoms with van der Waals surface area (Å²) in [6, 6.07) is 3.01. The highest BCUT2D eigenvalue weighted by atomic mass is 79.9. The Labute approximate surface area is 123 Å². The van der Waals surface area contributed by atoms with Crippen LogP contribution in [-0.4, -0.2) is 28.0 Å². The first-order chi connectivity index (χ1) is 9.06. The molecule has 0 radical (unpaired) electrons. The quantitative estimate of drug-likeness (QED) is 0.807. The molecule has 19 heavy (non-hydrogen) atoms. The molecule has 0 unspecified atom stereocenters. The molecule has 0 spiro atoms. The van der Waals surface area contributed by atoms with Gasteiger partial charge in [0.15, 0.2) is 0 Å². The van der Waals surface area contributed by atoms with Gasteiger partial charge in [0.25, 0.3) is 5.91 Å². The summed E-state index contributed by atoms with van der Waals surface area (Å²) in [4.78, 5) is 14.9. The second-order valence-electron chi connectivity index (χ2n) is 6.26. The fourth-order valence-corrected chi connectivity index (χ4v) is 3.03. The van der Waals surface area contributed by atoms with Gasteiger partial charge >= 0.3 is 0 Å². The minimum Gasteiger partial charge on any atom is -0.339 e. The number of carbonyl (C=O) groups excluding carboxylic acids is 1. The van der Waals surface area contributed by atoms with Gasteiger partial charge in [-0.3, -0.25) is 4.79 Å². The van der Waals surface area contributed by atoms with E-state index in [1.807, 2.05) is 6.07 Å². The third kappa shape index (κ3) is 2.88. The van der Waals surface area contributed by atoms with Gasteiger partial charge < -0.3 is 9.47 Å². The SMILES string of the molecule is CC(C)CN(C(=O)c1cc(Br)cn1C1CC1)C1CC1. The summed E-state index contributed by atoms with van der Waals surface area (Å²) in [5.74, 6) is 0.742. The van der Waals surface area contributed by atoms with Gasteiger partial charge in [0.1, 0.15) is 5.69 Å². The summed E-state index contributed by atoms with van der Waals surface area (Å²) in [7, 11) is 0. The molecule has 0 N–H and O–H groups in total. The molecule has 4 heteroatoms. The molecule has 3 rings (SSSR count). The van der Waals surface area contributed by atoms with Crippen molar-refractivity contribution in [3.8, 4) is 0 Å². The van der Waals surface area contributed by atoms with Crippen LogP contribution in [0.15, 0.2) is 16.7 Å². The maximum Gasteiger partial charge on any atom is 0.270 e. The molecule has 104 valence electrons. The smallest absolute Gasteiger partial charge is 0.270 e. The first-order valence-electron chi connectivity index (χ1n) is 7.24. The average Bonchev–Trinajstić information content (AvgIpc) is 3.23. The molecular weight excluding hydrogens is 304 g/mol. The highest BCUT2D eigenvalue weighted by Crippen LogP contribution is 2.38. The van der Waals surface area contributed by atoms with Crippen molar-refractivity contribution in [1.82, 2.24) is 9.47 Å². The van der Waals surface area contributed by atoms with E-state index in [1.165, 1.54) is 25.7 Å². The lowest BCUT2D eigenvalue weighted by atomic mass is 10.2. The van der Waals surface area contributed by atoms with Crippen molar-refractivity contribution in [2.45, 2.75) is 51.6 Å². The maximum atomic E-state index is 12.8. The minimum absolute atomic E-state index is 0.216. The van der Waals surface area contributed by atoms with Crippen LogP contribution in [-0.2, 0) is 0 Å². The number of rotatable bonds is 5. The van der Waals surface area contributed by atoms with E-state index in [0.717, 1.165) is 16.7 Å². The van der Waals surface area contributed by atoms with Crippen LogP contribution < -0.4 is 0 Å². The molecule has 2 saturated carbocycles. The molecule has 2 aliphatic carbocycles. The molecule has 0 saturated heterocycles. The lowest BCUT2D eigenvalue weighted by Gasteiger charge is -2.25. The molecule has 0 aliphatic heterocycles. The summed E-state index contributed by atoms with van der Waals surface area (Å²) in [5.41, 5.74) is 0.863. The van der Waals surface area contributed by atoms with Crippen LogP contribution in [0.3, 0.4) is 0 Å². The highest BCUT2D eigenvalue weighted by Gasteiger charge is 2.36. The lowest BCUT2D eigenvalue weighted by molar-refractivity contribution is 0.0711. The van der Waals surface area contributed by atoms with E-state index in [-0.39, 0.29) is 5.91 Å². The van der Waals surface area contributed by atoms with Crippen LogP contribution in [0.1, 0.15) is 56.1 Å². The second kappa shape index (κ2) is 4.97. The zero-order chi connectivity index (χ0) is 13.6. The molecule has 1 aromatic heterocycles. The van der Waals surface area contributed by atoms with Crippen molar-refractivity contribution in [3.63, 3.8) is 0 Å². The van der Waals surface area contributed by atoms with Crippen molar-refractivity contribution in [2.24, 2.45) is 5.92 Å². The molecule has 2 fully saturated rings. The van der Waals surface area contributed by atoms with E-state index >= 15 is 0 Å². The number of halogens is 1. The molecule has 1 amide bonds. The zero-order valence-electron chi connectivity index (χ0n) is 11.6. The zero-order valence-corrected chi connectivity index (χ0v) is 13.2. The molecule has 1 aromatic rings. The Balaban J connectivity index is 1.84. The fourth-order valence-electron chi connectivity index (χ4n) is 2.60. The number of aromatic nitrogens is 1. The number of nitrogens with zero attached hydrogens (tertiary/aromatic N) is 2. The van der Waals surface area contributed by atoms with Crippen molar-refractivity contribution >= 4 is 21.8 Å². The molecule has 2 aliphatic rings. The summed E-state index contributed by atoms with van der Waals surface area (Å²) in [6.45, 7) is 5.23. The van der Waals surface area contributed by atoms with Gasteiger partial charge in [-0.2, -0.15) is 0 Å². The first-order valence-corrected chi connectivity index (χ1v) is 8.04.